The van der Waals surface area contributed by atoms with E-state index >= 15 is 0 Å². The van der Waals surface area contributed by atoms with Crippen LogP contribution in [0.4, 0.5) is 0 Å². The maximum Gasteiger partial charge on any atom is 0.195 e. The van der Waals surface area contributed by atoms with Gasteiger partial charge in [-0.2, -0.15) is 0 Å². The molecule has 3 rings (SSSR count). The van der Waals surface area contributed by atoms with Crippen LogP contribution in [0.15, 0.2) is 29.4 Å². The van der Waals surface area contributed by atoms with Crippen LogP contribution in [0.25, 0.3) is 5.69 Å². The number of thioether (sulfide) groups is 1. The third-order valence-corrected chi connectivity index (χ3v) is 4.70. The Hall–Kier alpha value is -1.57. The maximum atomic E-state index is 5.79. The fourth-order valence-electron chi connectivity index (χ4n) is 2.46. The summed E-state index contributed by atoms with van der Waals surface area (Å²) in [7, 11) is 1.65. The zero-order valence-electron chi connectivity index (χ0n) is 12.6. The van der Waals surface area contributed by atoms with E-state index in [1.807, 2.05) is 28.8 Å². The molecule has 0 unspecified atom stereocenters. The molecular formula is C15H20N4O2S. The summed E-state index contributed by atoms with van der Waals surface area (Å²) in [6, 6.07) is 7.81. The van der Waals surface area contributed by atoms with Crippen LogP contribution in [0.5, 0.6) is 5.75 Å². The van der Waals surface area contributed by atoms with Crippen molar-refractivity contribution in [2.75, 3.05) is 19.5 Å². The first-order valence-electron chi connectivity index (χ1n) is 7.35. The van der Waals surface area contributed by atoms with Gasteiger partial charge >= 0.3 is 0 Å². The highest BCUT2D eigenvalue weighted by molar-refractivity contribution is 7.99. The Morgan fingerprint density at radius 2 is 2.18 bits per heavy atom. The first kappa shape index (κ1) is 15.3. The summed E-state index contributed by atoms with van der Waals surface area (Å²) < 4.78 is 12.9. The smallest absolute Gasteiger partial charge is 0.195 e. The van der Waals surface area contributed by atoms with Gasteiger partial charge in [0.05, 0.1) is 19.8 Å². The Morgan fingerprint density at radius 1 is 1.36 bits per heavy atom. The topological polar surface area (TPSA) is 75.2 Å². The van der Waals surface area contributed by atoms with Gasteiger partial charge in [0.2, 0.25) is 0 Å². The molecule has 2 aromatic rings. The van der Waals surface area contributed by atoms with Crippen molar-refractivity contribution >= 4 is 11.8 Å². The molecule has 1 saturated heterocycles. The summed E-state index contributed by atoms with van der Waals surface area (Å²) in [5, 5.41) is 9.32. The third kappa shape index (κ3) is 3.26. The molecule has 0 bridgehead atoms. The van der Waals surface area contributed by atoms with Crippen molar-refractivity contribution < 1.29 is 9.47 Å². The van der Waals surface area contributed by atoms with E-state index in [-0.39, 0.29) is 0 Å². The summed E-state index contributed by atoms with van der Waals surface area (Å²) in [5.74, 6) is 2.46. The van der Waals surface area contributed by atoms with Crippen LogP contribution < -0.4 is 10.5 Å². The fourth-order valence-corrected chi connectivity index (χ4v) is 3.50. The molecule has 1 atom stereocenters. The standard InChI is InChI=1S/C15H20N4O2S/c1-20-12-6-4-11(5-7-12)19-14(9-16)17-18-15(19)22-10-13-3-2-8-21-13/h4-7,13H,2-3,8-10,16H2,1H3/t13-/m0/s1. The van der Waals surface area contributed by atoms with Crippen molar-refractivity contribution in [2.45, 2.75) is 30.6 Å². The lowest BCUT2D eigenvalue weighted by molar-refractivity contribution is 0.129. The second-order valence-corrected chi connectivity index (χ2v) is 6.07. The molecule has 2 N–H and O–H groups in total. The van der Waals surface area contributed by atoms with Crippen molar-refractivity contribution in [1.82, 2.24) is 14.8 Å². The van der Waals surface area contributed by atoms with E-state index in [2.05, 4.69) is 10.2 Å². The predicted octanol–water partition coefficient (Wildman–Crippen LogP) is 2.01. The van der Waals surface area contributed by atoms with E-state index in [1.165, 1.54) is 0 Å². The van der Waals surface area contributed by atoms with Crippen LogP contribution in [0, 0.1) is 0 Å². The number of hydrogen-bond acceptors (Lipinski definition) is 6. The van der Waals surface area contributed by atoms with Gasteiger partial charge in [-0.15, -0.1) is 10.2 Å². The van der Waals surface area contributed by atoms with Crippen molar-refractivity contribution in [3.05, 3.63) is 30.1 Å². The molecule has 7 heteroatoms. The summed E-state index contributed by atoms with van der Waals surface area (Å²) >= 11 is 1.66. The quantitative estimate of drug-likeness (QED) is 0.821. The fraction of sp³-hybridized carbons (Fsp3) is 0.467. The van der Waals surface area contributed by atoms with Crippen molar-refractivity contribution in [1.29, 1.82) is 0 Å². The van der Waals surface area contributed by atoms with Gasteiger partial charge in [0.1, 0.15) is 5.75 Å². The molecule has 1 aliphatic heterocycles. The molecule has 6 nitrogen and oxygen atoms in total. The summed E-state index contributed by atoms with van der Waals surface area (Å²) in [6.07, 6.45) is 2.57. The first-order chi connectivity index (χ1) is 10.8. The number of benzene rings is 1. The number of aromatic nitrogens is 3. The lowest BCUT2D eigenvalue weighted by atomic mass is 10.3. The zero-order chi connectivity index (χ0) is 15.4. The predicted molar refractivity (Wildman–Crippen MR) is 85.5 cm³/mol. The van der Waals surface area contributed by atoms with Gasteiger partial charge in [0, 0.05) is 18.0 Å². The maximum absolute atomic E-state index is 5.79. The molecule has 0 aliphatic carbocycles. The van der Waals surface area contributed by atoms with Gasteiger partial charge in [-0.05, 0) is 37.1 Å². The number of ether oxygens (including phenoxy) is 2. The van der Waals surface area contributed by atoms with E-state index in [4.69, 9.17) is 15.2 Å². The van der Waals surface area contributed by atoms with E-state index in [9.17, 15) is 0 Å². The van der Waals surface area contributed by atoms with Crippen molar-refractivity contribution in [2.24, 2.45) is 5.73 Å². The summed E-state index contributed by atoms with van der Waals surface area (Å²) in [5.41, 5.74) is 6.78. The van der Waals surface area contributed by atoms with Gasteiger partial charge in [0.15, 0.2) is 11.0 Å². The van der Waals surface area contributed by atoms with Crippen LogP contribution in [-0.2, 0) is 11.3 Å². The highest BCUT2D eigenvalue weighted by Crippen LogP contribution is 2.26. The molecule has 0 saturated carbocycles. The highest BCUT2D eigenvalue weighted by atomic mass is 32.2. The van der Waals surface area contributed by atoms with Gasteiger partial charge in [-0.3, -0.25) is 4.57 Å². The minimum absolute atomic E-state index is 0.312. The second kappa shape index (κ2) is 7.13. The first-order valence-corrected chi connectivity index (χ1v) is 8.33. The summed E-state index contributed by atoms with van der Waals surface area (Å²) in [4.78, 5) is 0. The molecular weight excluding hydrogens is 300 g/mol. The molecule has 22 heavy (non-hydrogen) atoms. The third-order valence-electron chi connectivity index (χ3n) is 3.64. The van der Waals surface area contributed by atoms with Crippen LogP contribution in [0.1, 0.15) is 18.7 Å². The Labute approximate surface area is 134 Å². The minimum atomic E-state index is 0.312. The molecule has 1 aliphatic rings. The van der Waals surface area contributed by atoms with E-state index in [0.717, 1.165) is 47.6 Å². The largest absolute Gasteiger partial charge is 0.497 e. The van der Waals surface area contributed by atoms with E-state index < -0.39 is 0 Å². The van der Waals surface area contributed by atoms with Crippen LogP contribution in [0.3, 0.4) is 0 Å². The molecule has 118 valence electrons. The van der Waals surface area contributed by atoms with Gasteiger partial charge in [-0.1, -0.05) is 11.8 Å². The van der Waals surface area contributed by atoms with Crippen LogP contribution >= 0.6 is 11.8 Å². The van der Waals surface area contributed by atoms with Gasteiger partial charge < -0.3 is 15.2 Å². The molecule has 0 radical (unpaired) electrons. The lowest BCUT2D eigenvalue weighted by Crippen LogP contribution is -2.10. The van der Waals surface area contributed by atoms with Crippen molar-refractivity contribution in [3.63, 3.8) is 0 Å². The zero-order valence-corrected chi connectivity index (χ0v) is 13.4. The van der Waals surface area contributed by atoms with Gasteiger partial charge in [0.25, 0.3) is 0 Å². The minimum Gasteiger partial charge on any atom is -0.497 e. The SMILES string of the molecule is COc1ccc(-n2c(CN)nnc2SC[C@@H]2CCCO2)cc1. The number of methoxy groups -OCH3 is 1. The van der Waals surface area contributed by atoms with Crippen LogP contribution in [-0.4, -0.2) is 40.3 Å². The Kier molecular flexibility index (Phi) is 4.97. The summed E-state index contributed by atoms with van der Waals surface area (Å²) in [6.45, 7) is 1.21. The average molecular weight is 320 g/mol. The number of nitrogens with zero attached hydrogens (tertiary/aromatic N) is 3. The Balaban J connectivity index is 1.82. The number of rotatable bonds is 6. The normalized spacial score (nSPS) is 17.8. The molecule has 1 fully saturated rings. The number of hydrogen-bond donors (Lipinski definition) is 1. The Bertz CT molecular complexity index is 609. The molecule has 1 aromatic carbocycles. The lowest BCUT2D eigenvalue weighted by Gasteiger charge is -2.12. The molecule has 0 spiro atoms. The van der Waals surface area contributed by atoms with E-state index in [1.54, 1.807) is 18.9 Å². The monoisotopic (exact) mass is 320 g/mol. The van der Waals surface area contributed by atoms with Crippen LogP contribution in [0.2, 0.25) is 0 Å². The highest BCUT2D eigenvalue weighted by Gasteiger charge is 2.19. The molecule has 0 amide bonds. The molecule has 2 heterocycles. The van der Waals surface area contributed by atoms with Gasteiger partial charge in [-0.25, -0.2) is 0 Å². The Morgan fingerprint density at radius 3 is 2.82 bits per heavy atom. The molecule has 1 aromatic heterocycles. The van der Waals surface area contributed by atoms with E-state index in [0.29, 0.717) is 12.6 Å². The average Bonchev–Trinajstić information content (AvgIpc) is 3.22. The second-order valence-electron chi connectivity index (χ2n) is 5.08. The number of nitrogens with two attached hydrogens (primary N) is 1. The van der Waals surface area contributed by atoms with Crippen molar-refractivity contribution in [3.8, 4) is 11.4 Å².